The summed E-state index contributed by atoms with van der Waals surface area (Å²) in [6, 6.07) is 0. The summed E-state index contributed by atoms with van der Waals surface area (Å²) in [5, 5.41) is 0. The van der Waals surface area contributed by atoms with Gasteiger partial charge in [0.05, 0.1) is 32.7 Å². The molecular weight excluding hydrogens is 1040 g/mol. The average molecular weight is 1190 g/mol. The van der Waals surface area contributed by atoms with Crippen molar-refractivity contribution in [3.63, 3.8) is 0 Å². The molecule has 0 aromatic rings. The van der Waals surface area contributed by atoms with E-state index in [9.17, 15) is 19.2 Å². The van der Waals surface area contributed by atoms with Gasteiger partial charge in [-0.15, -0.1) is 0 Å². The van der Waals surface area contributed by atoms with Crippen LogP contribution in [0.4, 0.5) is 0 Å². The van der Waals surface area contributed by atoms with Crippen molar-refractivity contribution in [1.82, 2.24) is 0 Å². The Balaban J connectivity index is 4.83. The fourth-order valence-corrected chi connectivity index (χ4v) is 11.9. The molecule has 0 rings (SSSR count). The van der Waals surface area contributed by atoms with Gasteiger partial charge in [0.15, 0.2) is 0 Å². The Labute approximate surface area is 523 Å². The van der Waals surface area contributed by atoms with Crippen molar-refractivity contribution in [2.24, 2.45) is 17.8 Å². The summed E-state index contributed by atoms with van der Waals surface area (Å²) in [6.07, 6.45) is 68.2. The number of rotatable bonds is 68. The highest BCUT2D eigenvalue weighted by atomic mass is 16.6. The zero-order valence-electron chi connectivity index (χ0n) is 57.6. The first-order valence-electron chi connectivity index (χ1n) is 37.6. The molecule has 0 N–H and O–H groups in total. The molecule has 0 atom stereocenters. The molecule has 0 saturated carbocycles. The minimum Gasteiger partial charge on any atom is -0.466 e. The van der Waals surface area contributed by atoms with E-state index in [4.69, 9.17) is 18.9 Å². The molecule has 0 aliphatic rings. The maximum atomic E-state index is 14.1. The van der Waals surface area contributed by atoms with Crippen LogP contribution in [0.25, 0.3) is 0 Å². The minimum absolute atomic E-state index is 0.0515. The summed E-state index contributed by atoms with van der Waals surface area (Å²) in [4.78, 5) is 54.3. The van der Waals surface area contributed by atoms with Crippen LogP contribution in [0, 0.1) is 17.8 Å². The number of carbonyl (C=O) groups is 4. The second kappa shape index (κ2) is 63.9. The fourth-order valence-electron chi connectivity index (χ4n) is 11.9. The first-order chi connectivity index (χ1) is 40.9. The van der Waals surface area contributed by atoms with E-state index in [1.165, 1.54) is 283 Å². The van der Waals surface area contributed by atoms with Crippen molar-refractivity contribution < 1.29 is 38.1 Å². The van der Waals surface area contributed by atoms with Gasteiger partial charge in [0.2, 0.25) is 5.60 Å². The molecule has 0 fully saturated rings. The Morgan fingerprint density at radius 3 is 0.655 bits per heavy atom. The van der Waals surface area contributed by atoms with Gasteiger partial charge in [-0.25, -0.2) is 4.79 Å². The van der Waals surface area contributed by atoms with Crippen LogP contribution in [-0.2, 0) is 38.1 Å². The predicted molar refractivity (Wildman–Crippen MR) is 360 cm³/mol. The van der Waals surface area contributed by atoms with Crippen LogP contribution in [0.5, 0.6) is 0 Å². The van der Waals surface area contributed by atoms with Gasteiger partial charge in [-0.05, 0) is 43.4 Å². The van der Waals surface area contributed by atoms with Crippen LogP contribution in [0.1, 0.15) is 421 Å². The van der Waals surface area contributed by atoms with Crippen molar-refractivity contribution in [2.45, 2.75) is 426 Å². The number of unbranched alkanes of at least 4 members (excludes halogenated alkanes) is 48. The Hall–Kier alpha value is -2.12. The molecule has 0 aliphatic heterocycles. The molecule has 8 nitrogen and oxygen atoms in total. The molecule has 0 bridgehead atoms. The standard InChI is InChI=1S/C76H146O8/c1-8-60-72(77)84-76(75(80)83-66-59-53-47-41-35-29-23-17-11-14-20-26-32-38-44-50-56-63-71(6)7,67-73(78)81-64-57-51-45-39-33-27-21-15-9-12-18-24-30-36-42-48-54-61-69(2)3)68-74(79)82-65-58-52-46-40-34-28-22-16-10-13-19-25-31-37-43-49-55-62-70(4)5/h69-71H,8-68H2,1-7H3. The lowest BCUT2D eigenvalue weighted by Crippen LogP contribution is -2.48. The Kier molecular flexibility index (Phi) is 62.3. The molecule has 84 heavy (non-hydrogen) atoms. The van der Waals surface area contributed by atoms with E-state index in [2.05, 4.69) is 41.5 Å². The summed E-state index contributed by atoms with van der Waals surface area (Å²) >= 11 is 0. The lowest BCUT2D eigenvalue weighted by Gasteiger charge is -2.30. The SMILES string of the molecule is CCCC(=O)OC(CC(=O)OCCCCCCCCCCCCCCCCCCCC(C)C)(CC(=O)OCCCCCCCCCCCCCCCCCCCC(C)C)C(=O)OCCCCCCCCCCCCCCCCCCCC(C)C. The van der Waals surface area contributed by atoms with Crippen molar-refractivity contribution in [2.75, 3.05) is 19.8 Å². The van der Waals surface area contributed by atoms with Gasteiger partial charge in [-0.1, -0.05) is 376 Å². The molecular formula is C76H146O8. The predicted octanol–water partition coefficient (Wildman–Crippen LogP) is 24.5. The molecule has 0 saturated heterocycles. The maximum absolute atomic E-state index is 14.1. The summed E-state index contributed by atoms with van der Waals surface area (Å²) in [6.45, 7) is 16.4. The first-order valence-corrected chi connectivity index (χ1v) is 37.6. The number of hydrogen-bond donors (Lipinski definition) is 0. The van der Waals surface area contributed by atoms with E-state index in [1.54, 1.807) is 0 Å². The summed E-state index contributed by atoms with van der Waals surface area (Å²) in [7, 11) is 0. The lowest BCUT2D eigenvalue weighted by atomic mass is 9.94. The zero-order valence-corrected chi connectivity index (χ0v) is 57.6. The second-order valence-corrected chi connectivity index (χ2v) is 27.7. The smallest absolute Gasteiger partial charge is 0.351 e. The van der Waals surface area contributed by atoms with E-state index in [0.29, 0.717) is 12.8 Å². The van der Waals surface area contributed by atoms with Gasteiger partial charge in [-0.2, -0.15) is 0 Å². The van der Waals surface area contributed by atoms with E-state index < -0.39 is 42.3 Å². The van der Waals surface area contributed by atoms with Gasteiger partial charge < -0.3 is 18.9 Å². The molecule has 498 valence electrons. The molecule has 0 unspecified atom stereocenters. The third-order valence-corrected chi connectivity index (χ3v) is 17.5. The third-order valence-electron chi connectivity index (χ3n) is 17.5. The van der Waals surface area contributed by atoms with E-state index in [1.807, 2.05) is 6.92 Å². The molecule has 0 amide bonds. The Bertz CT molecular complexity index is 1350. The highest BCUT2D eigenvalue weighted by molar-refractivity contribution is 5.92. The molecule has 0 aromatic carbocycles. The average Bonchev–Trinajstić information content (AvgIpc) is 3.42. The quantitative estimate of drug-likeness (QED) is 0.0337. The van der Waals surface area contributed by atoms with E-state index >= 15 is 0 Å². The molecule has 0 heterocycles. The number of esters is 4. The molecule has 8 heteroatoms. The van der Waals surface area contributed by atoms with Crippen molar-refractivity contribution in [3.8, 4) is 0 Å². The Morgan fingerprint density at radius 1 is 0.262 bits per heavy atom. The normalized spacial score (nSPS) is 11.8. The number of hydrogen-bond acceptors (Lipinski definition) is 8. The molecule has 0 radical (unpaired) electrons. The van der Waals surface area contributed by atoms with Gasteiger partial charge in [0, 0.05) is 6.42 Å². The highest BCUT2D eigenvalue weighted by Gasteiger charge is 2.49. The van der Waals surface area contributed by atoms with Gasteiger partial charge in [0.25, 0.3) is 0 Å². The fraction of sp³-hybridized carbons (Fsp3) is 0.947. The van der Waals surface area contributed by atoms with Crippen LogP contribution >= 0.6 is 0 Å². The summed E-state index contributed by atoms with van der Waals surface area (Å²) < 4.78 is 23.0. The van der Waals surface area contributed by atoms with Gasteiger partial charge >= 0.3 is 23.9 Å². The second-order valence-electron chi connectivity index (χ2n) is 27.7. The topological polar surface area (TPSA) is 105 Å². The van der Waals surface area contributed by atoms with Gasteiger partial charge in [-0.3, -0.25) is 14.4 Å². The van der Waals surface area contributed by atoms with Crippen LogP contribution in [0.3, 0.4) is 0 Å². The monoisotopic (exact) mass is 1190 g/mol. The number of ether oxygens (including phenoxy) is 4. The molecule has 0 aromatic heterocycles. The van der Waals surface area contributed by atoms with Crippen LogP contribution in [0.15, 0.2) is 0 Å². The van der Waals surface area contributed by atoms with Crippen molar-refractivity contribution >= 4 is 23.9 Å². The zero-order chi connectivity index (χ0) is 61.5. The lowest BCUT2D eigenvalue weighted by molar-refractivity contribution is -0.191. The van der Waals surface area contributed by atoms with Crippen LogP contribution in [-0.4, -0.2) is 49.3 Å². The maximum Gasteiger partial charge on any atom is 0.351 e. The number of carbonyl (C=O) groups excluding carboxylic acids is 4. The van der Waals surface area contributed by atoms with E-state index in [0.717, 1.165) is 75.5 Å². The Morgan fingerprint density at radius 2 is 0.452 bits per heavy atom. The van der Waals surface area contributed by atoms with E-state index in [-0.39, 0.29) is 26.2 Å². The largest absolute Gasteiger partial charge is 0.466 e. The molecule has 0 aliphatic carbocycles. The van der Waals surface area contributed by atoms with Gasteiger partial charge in [0.1, 0.15) is 0 Å². The van der Waals surface area contributed by atoms with Crippen LogP contribution < -0.4 is 0 Å². The third kappa shape index (κ3) is 60.2. The van der Waals surface area contributed by atoms with Crippen LogP contribution in [0.2, 0.25) is 0 Å². The summed E-state index contributed by atoms with van der Waals surface area (Å²) in [5.74, 6) is -0.334. The minimum atomic E-state index is -2.13. The first kappa shape index (κ1) is 81.9. The molecule has 0 spiro atoms. The highest BCUT2D eigenvalue weighted by Crippen LogP contribution is 2.28. The van der Waals surface area contributed by atoms with Crippen molar-refractivity contribution in [3.05, 3.63) is 0 Å². The summed E-state index contributed by atoms with van der Waals surface area (Å²) in [5.41, 5.74) is -2.13. The van der Waals surface area contributed by atoms with Crippen molar-refractivity contribution in [1.29, 1.82) is 0 Å².